The molecule has 2 atom stereocenters. The van der Waals surface area contributed by atoms with E-state index < -0.39 is 5.97 Å². The van der Waals surface area contributed by atoms with Gasteiger partial charge >= 0.3 is 5.97 Å². The number of hydrogen-bond acceptors (Lipinski definition) is 5. The number of allylic oxidation sites excluding steroid dienone is 1. The van der Waals surface area contributed by atoms with Crippen molar-refractivity contribution in [2.24, 2.45) is 28.1 Å². The molecule has 2 heterocycles. The van der Waals surface area contributed by atoms with Crippen molar-refractivity contribution in [1.29, 1.82) is 0 Å². The number of aliphatic carboxylic acids is 1. The fourth-order valence-corrected chi connectivity index (χ4v) is 9.22. The average Bonchev–Trinajstić information content (AvgIpc) is 2.87. The Morgan fingerprint density at radius 2 is 1.35 bits per heavy atom. The van der Waals surface area contributed by atoms with E-state index in [1.54, 1.807) is 6.92 Å². The van der Waals surface area contributed by atoms with E-state index in [0.717, 1.165) is 90.2 Å². The second kappa shape index (κ2) is 12.6. The summed E-state index contributed by atoms with van der Waals surface area (Å²) >= 11 is 0. The summed E-state index contributed by atoms with van der Waals surface area (Å²) in [7, 11) is 0. The van der Waals surface area contributed by atoms with Gasteiger partial charge in [0, 0.05) is 22.9 Å². The van der Waals surface area contributed by atoms with E-state index in [1.807, 2.05) is 0 Å². The standard InChI is InChI=1S/C34H56O6/c1-4-31(22-37-23-31)12-8-6-10-14-39-29(26(3)30(35)36)33-17-27-16-28(18-33)20-34(19-27,21-33)40-15-11-7-9-13-32(5-2)24-38-25-32/h27-28H,4-25H2,1-3H3,(H,35,36). The molecular weight excluding hydrogens is 504 g/mol. The summed E-state index contributed by atoms with van der Waals surface area (Å²) in [5, 5.41) is 10.0. The normalized spacial score (nSPS) is 33.7. The van der Waals surface area contributed by atoms with Crippen molar-refractivity contribution >= 4 is 5.97 Å². The van der Waals surface area contributed by atoms with Crippen molar-refractivity contribution in [3.8, 4) is 0 Å². The smallest absolute Gasteiger partial charge is 0.334 e. The van der Waals surface area contributed by atoms with Crippen molar-refractivity contribution in [3.63, 3.8) is 0 Å². The molecule has 40 heavy (non-hydrogen) atoms. The van der Waals surface area contributed by atoms with Crippen LogP contribution in [-0.2, 0) is 23.7 Å². The highest BCUT2D eigenvalue weighted by Gasteiger charge is 2.60. The van der Waals surface area contributed by atoms with Gasteiger partial charge in [0.15, 0.2) is 0 Å². The average molecular weight is 561 g/mol. The van der Waals surface area contributed by atoms with Crippen molar-refractivity contribution in [1.82, 2.24) is 0 Å². The molecule has 4 aliphatic carbocycles. The lowest BCUT2D eigenvalue weighted by Crippen LogP contribution is -2.57. The Balaban J connectivity index is 1.14. The van der Waals surface area contributed by atoms with Crippen molar-refractivity contribution < 1.29 is 28.8 Å². The van der Waals surface area contributed by atoms with Crippen LogP contribution in [-0.4, -0.2) is 56.3 Å². The zero-order valence-corrected chi connectivity index (χ0v) is 25.7. The van der Waals surface area contributed by atoms with Crippen LogP contribution >= 0.6 is 0 Å². The van der Waals surface area contributed by atoms with Gasteiger partial charge in [-0.3, -0.25) is 0 Å². The van der Waals surface area contributed by atoms with Crippen molar-refractivity contribution in [2.75, 3.05) is 39.6 Å². The molecule has 0 aromatic rings. The van der Waals surface area contributed by atoms with E-state index in [1.165, 1.54) is 51.4 Å². The van der Waals surface area contributed by atoms with E-state index in [0.29, 0.717) is 34.8 Å². The minimum absolute atomic E-state index is 0.0940. The quantitative estimate of drug-likeness (QED) is 0.105. The summed E-state index contributed by atoms with van der Waals surface area (Å²) in [6.07, 6.45) is 18.4. The lowest BCUT2D eigenvalue weighted by molar-refractivity contribution is -0.193. The van der Waals surface area contributed by atoms with Gasteiger partial charge in [-0.05, 0) is 95.8 Å². The monoisotopic (exact) mass is 560 g/mol. The molecule has 6 fully saturated rings. The molecule has 2 aliphatic heterocycles. The van der Waals surface area contributed by atoms with E-state index >= 15 is 0 Å². The zero-order chi connectivity index (χ0) is 28.3. The third-order valence-electron chi connectivity index (χ3n) is 11.6. The van der Waals surface area contributed by atoms with E-state index in [4.69, 9.17) is 18.9 Å². The van der Waals surface area contributed by atoms with Gasteiger partial charge in [0.2, 0.25) is 0 Å². The first-order valence-electron chi connectivity index (χ1n) is 16.6. The number of hydrogen-bond donors (Lipinski definition) is 1. The largest absolute Gasteiger partial charge is 0.497 e. The van der Waals surface area contributed by atoms with Gasteiger partial charge in [0.05, 0.1) is 44.2 Å². The maximum absolute atomic E-state index is 12.2. The predicted octanol–water partition coefficient (Wildman–Crippen LogP) is 7.69. The molecule has 2 unspecified atom stereocenters. The number of carbonyl (C=O) groups is 1. The number of carboxylic acids is 1. The number of rotatable bonds is 18. The van der Waals surface area contributed by atoms with Gasteiger partial charge in [0.1, 0.15) is 5.76 Å². The molecule has 6 heteroatoms. The van der Waals surface area contributed by atoms with Crippen molar-refractivity contribution in [3.05, 3.63) is 11.3 Å². The van der Waals surface area contributed by atoms with Gasteiger partial charge < -0.3 is 24.1 Å². The number of ether oxygens (including phenoxy) is 4. The summed E-state index contributed by atoms with van der Waals surface area (Å²) in [5.74, 6) is 1.20. The number of carboxylic acid groups (broad SMARTS) is 1. The van der Waals surface area contributed by atoms with Crippen LogP contribution in [0.1, 0.15) is 124 Å². The molecular formula is C34H56O6. The zero-order valence-electron chi connectivity index (χ0n) is 25.7. The Kier molecular flexibility index (Phi) is 9.58. The molecule has 0 radical (unpaired) electrons. The molecule has 0 amide bonds. The molecule has 0 aromatic heterocycles. The fraction of sp³-hybridized carbons (Fsp3) is 0.912. The summed E-state index contributed by atoms with van der Waals surface area (Å²) in [6.45, 7) is 11.5. The van der Waals surface area contributed by atoms with E-state index in [2.05, 4.69) is 13.8 Å². The predicted molar refractivity (Wildman–Crippen MR) is 156 cm³/mol. The lowest BCUT2D eigenvalue weighted by Gasteiger charge is -2.62. The summed E-state index contributed by atoms with van der Waals surface area (Å²) in [4.78, 5) is 12.2. The first-order valence-corrected chi connectivity index (χ1v) is 16.6. The molecule has 228 valence electrons. The lowest BCUT2D eigenvalue weighted by atomic mass is 9.47. The van der Waals surface area contributed by atoms with Crippen molar-refractivity contribution in [2.45, 2.75) is 129 Å². The molecule has 4 saturated carbocycles. The Morgan fingerprint density at radius 1 is 0.800 bits per heavy atom. The van der Waals surface area contributed by atoms with Crippen LogP contribution < -0.4 is 0 Å². The molecule has 0 aromatic carbocycles. The van der Waals surface area contributed by atoms with E-state index in [9.17, 15) is 9.90 Å². The Hall–Kier alpha value is -1.11. The SMILES string of the molecule is CCC1(CCCCCOC(=C(C)C(=O)O)C23CC4CC(CC(OCCCCCC5(CC)COC5)(C4)C2)C3)COC1. The van der Waals surface area contributed by atoms with Gasteiger partial charge in [0.25, 0.3) is 0 Å². The highest BCUT2D eigenvalue weighted by Crippen LogP contribution is 2.65. The number of unbranched alkanes of at least 4 members (excludes halogenated alkanes) is 4. The fourth-order valence-electron chi connectivity index (χ4n) is 9.22. The first-order chi connectivity index (χ1) is 19.3. The maximum Gasteiger partial charge on any atom is 0.334 e. The second-order valence-electron chi connectivity index (χ2n) is 14.7. The maximum atomic E-state index is 12.2. The highest BCUT2D eigenvalue weighted by molar-refractivity contribution is 5.86. The Labute approximate surface area is 242 Å². The molecule has 6 rings (SSSR count). The molecule has 6 nitrogen and oxygen atoms in total. The van der Waals surface area contributed by atoms with Gasteiger partial charge in [-0.1, -0.05) is 39.5 Å². The molecule has 0 spiro atoms. The first kappa shape index (κ1) is 30.4. The van der Waals surface area contributed by atoms with Crippen LogP contribution in [0.2, 0.25) is 0 Å². The minimum atomic E-state index is -0.836. The third-order valence-corrected chi connectivity index (χ3v) is 11.6. The molecule has 2 saturated heterocycles. The Morgan fingerprint density at radius 3 is 1.82 bits per heavy atom. The van der Waals surface area contributed by atoms with Gasteiger partial charge in [-0.25, -0.2) is 4.79 Å². The van der Waals surface area contributed by atoms with Crippen LogP contribution in [0.25, 0.3) is 0 Å². The highest BCUT2D eigenvalue weighted by atomic mass is 16.5. The Bertz CT molecular complexity index is 875. The van der Waals surface area contributed by atoms with Crippen LogP contribution in [0.4, 0.5) is 0 Å². The van der Waals surface area contributed by atoms with Gasteiger partial charge in [-0.2, -0.15) is 0 Å². The van der Waals surface area contributed by atoms with Gasteiger partial charge in [-0.15, -0.1) is 0 Å². The summed E-state index contributed by atoms with van der Waals surface area (Å²) in [6, 6.07) is 0. The third kappa shape index (κ3) is 6.44. The molecule has 4 bridgehead atoms. The molecule has 6 aliphatic rings. The minimum Gasteiger partial charge on any atom is -0.497 e. The topological polar surface area (TPSA) is 74.2 Å². The summed E-state index contributed by atoms with van der Waals surface area (Å²) in [5.41, 5.74) is 1.01. The second-order valence-corrected chi connectivity index (χ2v) is 14.7. The van der Waals surface area contributed by atoms with E-state index in [-0.39, 0.29) is 11.0 Å². The molecule has 1 N–H and O–H groups in total. The van der Waals surface area contributed by atoms with Crippen LogP contribution in [0, 0.1) is 28.1 Å². The summed E-state index contributed by atoms with van der Waals surface area (Å²) < 4.78 is 24.3. The van der Waals surface area contributed by atoms with Crippen LogP contribution in [0.5, 0.6) is 0 Å². The van der Waals surface area contributed by atoms with Crippen LogP contribution in [0.15, 0.2) is 11.3 Å². The van der Waals surface area contributed by atoms with Crippen LogP contribution in [0.3, 0.4) is 0 Å².